The van der Waals surface area contributed by atoms with Crippen molar-refractivity contribution >= 4 is 74.3 Å². The Bertz CT molecular complexity index is 3390. The summed E-state index contributed by atoms with van der Waals surface area (Å²) in [7, 11) is 0. The summed E-state index contributed by atoms with van der Waals surface area (Å²) in [5.74, 6) is 0. The van der Waals surface area contributed by atoms with Crippen LogP contribution in [0.4, 0.5) is 51.2 Å². The third-order valence-electron chi connectivity index (χ3n) is 16.8. The van der Waals surface area contributed by atoms with Crippen molar-refractivity contribution in [2.75, 3.05) is 14.7 Å². The van der Waals surface area contributed by atoms with Crippen LogP contribution in [0.15, 0.2) is 170 Å². The molecule has 0 aromatic heterocycles. The number of hydrogen-bond acceptors (Lipinski definition) is 3. The number of fused-ring (bicyclic) bond motifs is 6. The molecule has 0 amide bonds. The zero-order valence-electron chi connectivity index (χ0n) is 44.0. The van der Waals surface area contributed by atoms with Crippen molar-refractivity contribution in [1.29, 1.82) is 0 Å². The standard InChI is InChI=1S/C67H68BN3/c1-43-34-60-62-61(35-43)71(57-33-28-45(63(2,3)4)36-50(57)44-22-16-13-17-23-44)58-38-49(69(46-24-18-14-19-25-46)47-26-20-15-21-27-47)30-32-55(58)68(62)56-39-53-54(67(11,12)42-66(53,9)10)40-59(56)70(60)48-29-31-51-52(37-48)65(7,8)41-64(51,5)6/h13-40H,41-42H2,1-12H3. The molecule has 12 rings (SSSR count). The van der Waals surface area contributed by atoms with Gasteiger partial charge in [0.25, 0.3) is 6.71 Å². The molecule has 0 bridgehead atoms. The van der Waals surface area contributed by atoms with Crippen LogP contribution in [0, 0.1) is 6.92 Å². The maximum atomic E-state index is 2.67. The lowest BCUT2D eigenvalue weighted by molar-refractivity contribution is 0.403. The van der Waals surface area contributed by atoms with E-state index in [1.165, 1.54) is 95.0 Å². The number of anilines is 9. The van der Waals surface area contributed by atoms with Gasteiger partial charge in [-0.25, -0.2) is 0 Å². The molecule has 3 nitrogen and oxygen atoms in total. The summed E-state index contributed by atoms with van der Waals surface area (Å²) < 4.78 is 0. The van der Waals surface area contributed by atoms with E-state index >= 15 is 0 Å². The molecular weight excluding hydrogens is 858 g/mol. The van der Waals surface area contributed by atoms with Crippen molar-refractivity contribution in [1.82, 2.24) is 0 Å². The molecule has 8 aromatic carbocycles. The van der Waals surface area contributed by atoms with E-state index in [4.69, 9.17) is 0 Å². The smallest absolute Gasteiger partial charge is 0.252 e. The van der Waals surface area contributed by atoms with E-state index in [-0.39, 0.29) is 33.8 Å². The van der Waals surface area contributed by atoms with E-state index in [1.807, 2.05) is 0 Å². The van der Waals surface area contributed by atoms with Crippen LogP contribution in [0.1, 0.15) is 122 Å². The number of nitrogens with zero attached hydrogens (tertiary/aromatic N) is 3. The fourth-order valence-corrected chi connectivity index (χ4v) is 14.0. The maximum Gasteiger partial charge on any atom is 0.252 e. The molecule has 0 fully saturated rings. The Morgan fingerprint density at radius 3 is 1.58 bits per heavy atom. The molecule has 4 heteroatoms. The van der Waals surface area contributed by atoms with Crippen LogP contribution in [0.3, 0.4) is 0 Å². The summed E-state index contributed by atoms with van der Waals surface area (Å²) in [6, 6.07) is 65.1. The van der Waals surface area contributed by atoms with Crippen LogP contribution in [-0.2, 0) is 27.1 Å². The Morgan fingerprint density at radius 2 is 0.972 bits per heavy atom. The molecule has 71 heavy (non-hydrogen) atoms. The van der Waals surface area contributed by atoms with E-state index in [2.05, 4.69) is 268 Å². The van der Waals surface area contributed by atoms with Gasteiger partial charge >= 0.3 is 0 Å². The van der Waals surface area contributed by atoms with Crippen LogP contribution in [0.2, 0.25) is 0 Å². The summed E-state index contributed by atoms with van der Waals surface area (Å²) >= 11 is 0. The molecule has 0 saturated carbocycles. The Morgan fingerprint density at radius 1 is 0.437 bits per heavy atom. The molecule has 4 aliphatic rings. The average molecular weight is 926 g/mol. The quantitative estimate of drug-likeness (QED) is 0.154. The summed E-state index contributed by atoms with van der Waals surface area (Å²) in [4.78, 5) is 7.73. The Kier molecular flexibility index (Phi) is 9.98. The highest BCUT2D eigenvalue weighted by atomic mass is 15.2. The minimum absolute atomic E-state index is 0.0160. The van der Waals surface area contributed by atoms with E-state index in [9.17, 15) is 0 Å². The largest absolute Gasteiger partial charge is 0.311 e. The Balaban J connectivity index is 1.20. The minimum Gasteiger partial charge on any atom is -0.311 e. The van der Waals surface area contributed by atoms with Gasteiger partial charge in [0.15, 0.2) is 0 Å². The number of rotatable bonds is 6. The highest BCUT2D eigenvalue weighted by Gasteiger charge is 2.49. The molecule has 0 spiro atoms. The Hall–Kier alpha value is -6.78. The number of benzene rings is 8. The zero-order chi connectivity index (χ0) is 49.6. The highest BCUT2D eigenvalue weighted by Crippen LogP contribution is 2.55. The van der Waals surface area contributed by atoms with Crippen molar-refractivity contribution in [3.63, 3.8) is 0 Å². The van der Waals surface area contributed by atoms with E-state index in [1.54, 1.807) is 0 Å². The molecule has 2 aliphatic carbocycles. The molecule has 0 saturated heterocycles. The summed E-state index contributed by atoms with van der Waals surface area (Å²) in [5, 5.41) is 0. The first-order chi connectivity index (χ1) is 33.7. The molecule has 0 radical (unpaired) electrons. The fraction of sp³-hybridized carbons (Fsp3) is 0.284. The van der Waals surface area contributed by atoms with Crippen molar-refractivity contribution in [3.8, 4) is 11.1 Å². The van der Waals surface area contributed by atoms with Crippen LogP contribution in [0.5, 0.6) is 0 Å². The van der Waals surface area contributed by atoms with Crippen molar-refractivity contribution in [2.45, 2.75) is 123 Å². The lowest BCUT2D eigenvalue weighted by Crippen LogP contribution is -2.61. The van der Waals surface area contributed by atoms with Gasteiger partial charge in [0.05, 0.1) is 5.69 Å². The molecular formula is C67H68BN3. The topological polar surface area (TPSA) is 9.72 Å². The summed E-state index contributed by atoms with van der Waals surface area (Å²) in [6.07, 6.45) is 2.24. The highest BCUT2D eigenvalue weighted by molar-refractivity contribution is 7.00. The maximum absolute atomic E-state index is 2.67. The molecule has 0 N–H and O–H groups in total. The lowest BCUT2D eigenvalue weighted by atomic mass is 9.33. The SMILES string of the molecule is Cc1cc2c3c(c1)N(c1ccc(C(C)(C)C)cc1-c1ccccc1)c1cc(N(c4ccccc4)c4ccccc4)ccc1B3c1cc3c(cc1N2c1ccc2c(c1)C(C)(C)CC2(C)C)C(C)(C)CC3(C)C. The van der Waals surface area contributed by atoms with Crippen LogP contribution in [-0.4, -0.2) is 6.71 Å². The van der Waals surface area contributed by atoms with Crippen molar-refractivity contribution in [3.05, 3.63) is 203 Å². The van der Waals surface area contributed by atoms with Gasteiger partial charge in [0.1, 0.15) is 0 Å². The minimum atomic E-state index is -0.0407. The first kappa shape index (κ1) is 45.4. The van der Waals surface area contributed by atoms with Gasteiger partial charge in [-0.2, -0.15) is 0 Å². The normalized spacial score (nSPS) is 17.3. The van der Waals surface area contributed by atoms with Gasteiger partial charge < -0.3 is 14.7 Å². The molecule has 8 aromatic rings. The number of aryl methyl sites for hydroxylation is 1. The summed E-state index contributed by atoms with van der Waals surface area (Å²) in [6.45, 7) is 28.9. The molecule has 0 atom stereocenters. The molecule has 2 heterocycles. The second kappa shape index (κ2) is 15.6. The van der Waals surface area contributed by atoms with Crippen LogP contribution < -0.4 is 31.1 Å². The zero-order valence-corrected chi connectivity index (χ0v) is 44.0. The van der Waals surface area contributed by atoms with Crippen molar-refractivity contribution in [2.24, 2.45) is 0 Å². The first-order valence-electron chi connectivity index (χ1n) is 26.0. The van der Waals surface area contributed by atoms with Gasteiger partial charge in [-0.1, -0.05) is 167 Å². The lowest BCUT2D eigenvalue weighted by Gasteiger charge is -2.45. The van der Waals surface area contributed by atoms with E-state index < -0.39 is 0 Å². The van der Waals surface area contributed by atoms with E-state index in [0.717, 1.165) is 29.9 Å². The molecule has 2 aliphatic heterocycles. The van der Waals surface area contributed by atoms with Gasteiger partial charge in [-0.15, -0.1) is 0 Å². The monoisotopic (exact) mass is 926 g/mol. The van der Waals surface area contributed by atoms with Crippen LogP contribution in [0.25, 0.3) is 11.1 Å². The van der Waals surface area contributed by atoms with Gasteiger partial charge in [-0.05, 0) is 181 Å². The second-order valence-corrected chi connectivity index (χ2v) is 25.0. The van der Waals surface area contributed by atoms with E-state index in [0.29, 0.717) is 0 Å². The predicted molar refractivity (Wildman–Crippen MR) is 305 cm³/mol. The van der Waals surface area contributed by atoms with Gasteiger partial charge in [0.2, 0.25) is 0 Å². The molecule has 0 unspecified atom stereocenters. The predicted octanol–water partition coefficient (Wildman–Crippen LogP) is 16.4. The van der Waals surface area contributed by atoms with Crippen molar-refractivity contribution < 1.29 is 0 Å². The number of para-hydroxylation sites is 2. The summed E-state index contributed by atoms with van der Waals surface area (Å²) in [5.41, 5.74) is 25.9. The number of hydrogen-bond donors (Lipinski definition) is 0. The fourth-order valence-electron chi connectivity index (χ4n) is 14.0. The second-order valence-electron chi connectivity index (χ2n) is 25.0. The first-order valence-corrected chi connectivity index (χ1v) is 26.0. The Labute approximate surface area is 424 Å². The van der Waals surface area contributed by atoms with Gasteiger partial charge in [-0.3, -0.25) is 0 Å². The third-order valence-corrected chi connectivity index (χ3v) is 16.8. The average Bonchev–Trinajstić information content (AvgIpc) is 3.64. The third kappa shape index (κ3) is 7.14. The van der Waals surface area contributed by atoms with Gasteiger partial charge in [0, 0.05) is 51.1 Å². The molecule has 354 valence electrons. The van der Waals surface area contributed by atoms with Crippen LogP contribution >= 0.6 is 0 Å².